The molecule has 22 heavy (non-hydrogen) atoms. The van der Waals surface area contributed by atoms with Gasteiger partial charge in [0.2, 0.25) is 0 Å². The van der Waals surface area contributed by atoms with Crippen LogP contribution in [0.25, 0.3) is 10.8 Å². The van der Waals surface area contributed by atoms with Crippen molar-refractivity contribution in [2.45, 2.75) is 0 Å². The minimum atomic E-state index is -0.387. The molecule has 3 aromatic rings. The highest BCUT2D eigenvalue weighted by atomic mass is 16.5. The third-order valence-corrected chi connectivity index (χ3v) is 3.14. The summed E-state index contributed by atoms with van der Waals surface area (Å²) in [4.78, 5) is 15.7. The van der Waals surface area contributed by atoms with Gasteiger partial charge in [-0.3, -0.25) is 4.79 Å². The molecule has 0 bridgehead atoms. The molecule has 0 radical (unpaired) electrons. The molecule has 5 nitrogen and oxygen atoms in total. The molecule has 5 heteroatoms. The summed E-state index contributed by atoms with van der Waals surface area (Å²) < 4.78 is 5.47. The first-order valence-electron chi connectivity index (χ1n) is 6.78. The second-order valence-corrected chi connectivity index (χ2v) is 4.72. The Morgan fingerprint density at radius 2 is 1.91 bits per heavy atom. The zero-order valence-corrected chi connectivity index (χ0v) is 11.7. The van der Waals surface area contributed by atoms with Crippen molar-refractivity contribution in [3.05, 3.63) is 60.8 Å². The zero-order valence-electron chi connectivity index (χ0n) is 11.7. The molecule has 0 aliphatic rings. The van der Waals surface area contributed by atoms with E-state index in [2.05, 4.69) is 10.3 Å². The van der Waals surface area contributed by atoms with Crippen molar-refractivity contribution in [3.8, 4) is 11.5 Å². The number of pyridine rings is 1. The van der Waals surface area contributed by atoms with E-state index in [0.29, 0.717) is 5.75 Å². The number of hydrogen-bond donors (Lipinski definition) is 2. The molecular formula is C17H14N2O3. The summed E-state index contributed by atoms with van der Waals surface area (Å²) in [5.41, 5.74) is 0. The summed E-state index contributed by atoms with van der Waals surface area (Å²) in [5, 5.41) is 14.2. The van der Waals surface area contributed by atoms with Gasteiger partial charge in [0.1, 0.15) is 5.75 Å². The van der Waals surface area contributed by atoms with E-state index in [1.807, 2.05) is 42.5 Å². The van der Waals surface area contributed by atoms with E-state index in [0.717, 1.165) is 10.8 Å². The minimum Gasteiger partial charge on any atom is -0.504 e. The highest BCUT2D eigenvalue weighted by Gasteiger charge is 2.08. The van der Waals surface area contributed by atoms with Crippen molar-refractivity contribution in [1.29, 1.82) is 0 Å². The fraction of sp³-hybridized carbons (Fsp3) is 0.0588. The molecule has 0 spiro atoms. The normalized spacial score (nSPS) is 10.4. The zero-order chi connectivity index (χ0) is 15.4. The number of benzene rings is 2. The van der Waals surface area contributed by atoms with E-state index in [1.165, 1.54) is 12.3 Å². The largest absolute Gasteiger partial charge is 0.504 e. The lowest BCUT2D eigenvalue weighted by Crippen LogP contribution is -2.20. The maximum Gasteiger partial charge on any atom is 0.263 e. The first-order chi connectivity index (χ1) is 10.7. The van der Waals surface area contributed by atoms with Gasteiger partial charge in [0.25, 0.3) is 5.91 Å². The monoisotopic (exact) mass is 294 g/mol. The lowest BCUT2D eigenvalue weighted by atomic mass is 10.1. The highest BCUT2D eigenvalue weighted by molar-refractivity contribution is 5.92. The average Bonchev–Trinajstić information content (AvgIpc) is 2.55. The van der Waals surface area contributed by atoms with Crippen molar-refractivity contribution in [2.24, 2.45) is 0 Å². The Morgan fingerprint density at radius 1 is 1.09 bits per heavy atom. The van der Waals surface area contributed by atoms with Crippen LogP contribution in [-0.2, 0) is 4.79 Å². The van der Waals surface area contributed by atoms with Crippen molar-refractivity contribution in [2.75, 3.05) is 11.9 Å². The predicted molar refractivity (Wildman–Crippen MR) is 84.0 cm³/mol. The molecule has 1 aromatic heterocycles. The Bertz CT molecular complexity index is 818. The molecule has 3 rings (SSSR count). The number of amides is 1. The van der Waals surface area contributed by atoms with Crippen LogP contribution in [0.1, 0.15) is 0 Å². The third kappa shape index (κ3) is 3.15. The molecule has 0 fully saturated rings. The molecule has 0 saturated heterocycles. The first-order valence-corrected chi connectivity index (χ1v) is 6.78. The quantitative estimate of drug-likeness (QED) is 0.776. The van der Waals surface area contributed by atoms with Gasteiger partial charge in [0.05, 0.1) is 0 Å². The molecule has 0 saturated carbocycles. The van der Waals surface area contributed by atoms with Crippen LogP contribution in [0.15, 0.2) is 60.8 Å². The topological polar surface area (TPSA) is 71.5 Å². The number of anilines is 1. The number of aromatic hydroxyl groups is 1. The first kappa shape index (κ1) is 13.9. The predicted octanol–water partition coefficient (Wildman–Crippen LogP) is 2.96. The van der Waals surface area contributed by atoms with Crippen LogP contribution in [0.4, 0.5) is 5.82 Å². The lowest BCUT2D eigenvalue weighted by molar-refractivity contribution is -0.118. The Kier molecular flexibility index (Phi) is 3.87. The number of aromatic nitrogens is 1. The van der Waals surface area contributed by atoms with Crippen LogP contribution < -0.4 is 10.1 Å². The fourth-order valence-electron chi connectivity index (χ4n) is 2.07. The number of ether oxygens (including phenoxy) is 1. The maximum atomic E-state index is 11.8. The summed E-state index contributed by atoms with van der Waals surface area (Å²) in [6.07, 6.45) is 1.49. The van der Waals surface area contributed by atoms with Gasteiger partial charge >= 0.3 is 0 Å². The van der Waals surface area contributed by atoms with E-state index in [9.17, 15) is 9.90 Å². The molecule has 2 N–H and O–H groups in total. The van der Waals surface area contributed by atoms with Gasteiger partial charge in [-0.2, -0.15) is 0 Å². The average molecular weight is 294 g/mol. The van der Waals surface area contributed by atoms with Crippen LogP contribution in [-0.4, -0.2) is 22.6 Å². The molecule has 110 valence electrons. The third-order valence-electron chi connectivity index (χ3n) is 3.14. The van der Waals surface area contributed by atoms with E-state index < -0.39 is 0 Å². The van der Waals surface area contributed by atoms with E-state index in [4.69, 9.17) is 4.74 Å². The van der Waals surface area contributed by atoms with Crippen molar-refractivity contribution in [3.63, 3.8) is 0 Å². The molecule has 1 heterocycles. The van der Waals surface area contributed by atoms with E-state index >= 15 is 0 Å². The standard InChI is InChI=1S/C17H14N2O3/c20-15-6-3-9-18-17(15)19-16(21)11-22-14-8-7-12-4-1-2-5-13(12)10-14/h1-10,20H,11H2,(H,18,19,21). The lowest BCUT2D eigenvalue weighted by Gasteiger charge is -2.08. The number of fused-ring (bicyclic) bond motifs is 1. The molecular weight excluding hydrogens is 280 g/mol. The van der Waals surface area contributed by atoms with Crippen LogP contribution in [0.3, 0.4) is 0 Å². The van der Waals surface area contributed by atoms with Gasteiger partial charge in [-0.15, -0.1) is 0 Å². The number of carbonyl (C=O) groups excluding carboxylic acids is 1. The summed E-state index contributed by atoms with van der Waals surface area (Å²) in [6, 6.07) is 16.6. The second kappa shape index (κ2) is 6.13. The summed E-state index contributed by atoms with van der Waals surface area (Å²) in [7, 11) is 0. The molecule has 2 aromatic carbocycles. The Labute approximate surface area is 127 Å². The number of carbonyl (C=O) groups is 1. The van der Waals surface area contributed by atoms with Crippen molar-refractivity contribution >= 4 is 22.5 Å². The van der Waals surface area contributed by atoms with Crippen LogP contribution in [0.5, 0.6) is 11.5 Å². The van der Waals surface area contributed by atoms with Crippen molar-refractivity contribution in [1.82, 2.24) is 4.98 Å². The van der Waals surface area contributed by atoms with Gasteiger partial charge in [-0.1, -0.05) is 30.3 Å². The minimum absolute atomic E-state index is 0.0819. The van der Waals surface area contributed by atoms with Crippen LogP contribution >= 0.6 is 0 Å². The molecule has 1 amide bonds. The SMILES string of the molecule is O=C(COc1ccc2ccccc2c1)Nc1ncccc1O. The molecule has 0 aliphatic heterocycles. The second-order valence-electron chi connectivity index (χ2n) is 4.72. The van der Waals surface area contributed by atoms with Gasteiger partial charge in [-0.05, 0) is 35.0 Å². The van der Waals surface area contributed by atoms with Crippen LogP contribution in [0.2, 0.25) is 0 Å². The fourth-order valence-corrected chi connectivity index (χ4v) is 2.07. The Morgan fingerprint density at radius 3 is 2.73 bits per heavy atom. The van der Waals surface area contributed by atoms with Gasteiger partial charge < -0.3 is 15.2 Å². The van der Waals surface area contributed by atoms with Crippen molar-refractivity contribution < 1.29 is 14.6 Å². The molecule has 0 aliphatic carbocycles. The summed E-state index contributed by atoms with van der Waals surface area (Å²) in [6.45, 7) is -0.158. The van der Waals surface area contributed by atoms with Gasteiger partial charge in [0.15, 0.2) is 18.2 Å². The maximum absolute atomic E-state index is 11.8. The van der Waals surface area contributed by atoms with E-state index in [-0.39, 0.29) is 24.1 Å². The Hall–Kier alpha value is -3.08. The van der Waals surface area contributed by atoms with E-state index in [1.54, 1.807) is 6.07 Å². The number of nitrogens with one attached hydrogen (secondary N) is 1. The highest BCUT2D eigenvalue weighted by Crippen LogP contribution is 2.21. The number of hydrogen-bond acceptors (Lipinski definition) is 4. The van der Waals surface area contributed by atoms with Gasteiger partial charge in [-0.25, -0.2) is 4.98 Å². The van der Waals surface area contributed by atoms with Gasteiger partial charge in [0, 0.05) is 6.20 Å². The number of nitrogens with zero attached hydrogens (tertiary/aromatic N) is 1. The molecule has 0 unspecified atom stereocenters. The van der Waals surface area contributed by atoms with Crippen LogP contribution in [0, 0.1) is 0 Å². The summed E-state index contributed by atoms with van der Waals surface area (Å²) in [5.74, 6) is 0.261. The smallest absolute Gasteiger partial charge is 0.263 e. The number of rotatable bonds is 4. The summed E-state index contributed by atoms with van der Waals surface area (Å²) >= 11 is 0. The molecule has 0 atom stereocenters. The Balaban J connectivity index is 1.63.